The summed E-state index contributed by atoms with van der Waals surface area (Å²) in [5, 5.41) is 11.6. The zero-order chi connectivity index (χ0) is 15.2. The molecule has 5 nitrogen and oxygen atoms in total. The van der Waals surface area contributed by atoms with Crippen molar-refractivity contribution in [3.8, 4) is 5.75 Å². The maximum Gasteiger partial charge on any atom is 0.307 e. The largest absolute Gasteiger partial charge is 0.497 e. The van der Waals surface area contributed by atoms with E-state index in [1.54, 1.807) is 55.6 Å². The van der Waals surface area contributed by atoms with Crippen LogP contribution in [0, 0.1) is 0 Å². The van der Waals surface area contributed by atoms with Crippen LogP contribution in [0.5, 0.6) is 5.75 Å². The molecule has 0 unspecified atom stereocenters. The monoisotopic (exact) mass is 285 g/mol. The third-order valence-electron chi connectivity index (χ3n) is 2.96. The van der Waals surface area contributed by atoms with E-state index in [9.17, 15) is 9.59 Å². The lowest BCUT2D eigenvalue weighted by atomic mass is 10.1. The summed E-state index contributed by atoms with van der Waals surface area (Å²) in [5.74, 6) is -0.575. The number of anilines is 1. The Balaban J connectivity index is 2.17. The molecule has 0 atom stereocenters. The van der Waals surface area contributed by atoms with E-state index >= 15 is 0 Å². The molecule has 0 aliphatic heterocycles. The lowest BCUT2D eigenvalue weighted by Gasteiger charge is -2.10. The van der Waals surface area contributed by atoms with Crippen LogP contribution in [0.15, 0.2) is 48.5 Å². The van der Waals surface area contributed by atoms with Gasteiger partial charge in [0.15, 0.2) is 0 Å². The van der Waals surface area contributed by atoms with Gasteiger partial charge in [0.05, 0.1) is 13.5 Å². The second-order valence-corrected chi connectivity index (χ2v) is 4.41. The molecule has 0 aliphatic carbocycles. The Morgan fingerprint density at radius 2 is 1.76 bits per heavy atom. The number of para-hydroxylation sites is 1. The molecule has 2 N–H and O–H groups in total. The van der Waals surface area contributed by atoms with Crippen molar-refractivity contribution in [3.63, 3.8) is 0 Å². The van der Waals surface area contributed by atoms with Crippen LogP contribution in [0.1, 0.15) is 15.9 Å². The van der Waals surface area contributed by atoms with Crippen molar-refractivity contribution in [2.75, 3.05) is 12.4 Å². The van der Waals surface area contributed by atoms with Gasteiger partial charge < -0.3 is 15.2 Å². The predicted molar refractivity (Wildman–Crippen MR) is 78.7 cm³/mol. The predicted octanol–water partition coefficient (Wildman–Crippen LogP) is 2.57. The van der Waals surface area contributed by atoms with Crippen LogP contribution in [-0.2, 0) is 11.2 Å². The molecule has 108 valence electrons. The smallest absolute Gasteiger partial charge is 0.307 e. The Bertz CT molecular complexity index is 650. The third kappa shape index (κ3) is 3.82. The number of hydrogen-bond donors (Lipinski definition) is 2. The molecular formula is C16H15NO4. The highest BCUT2D eigenvalue weighted by Crippen LogP contribution is 2.18. The van der Waals surface area contributed by atoms with E-state index in [2.05, 4.69) is 5.32 Å². The highest BCUT2D eigenvalue weighted by molar-refractivity contribution is 6.04. The van der Waals surface area contributed by atoms with Gasteiger partial charge in [-0.05, 0) is 35.9 Å². The molecule has 0 bridgehead atoms. The minimum Gasteiger partial charge on any atom is -0.497 e. The average Bonchev–Trinajstić information content (AvgIpc) is 2.49. The van der Waals surface area contributed by atoms with Crippen LogP contribution >= 0.6 is 0 Å². The number of carbonyl (C=O) groups is 2. The van der Waals surface area contributed by atoms with Gasteiger partial charge in [0.25, 0.3) is 5.91 Å². The lowest BCUT2D eigenvalue weighted by molar-refractivity contribution is -0.136. The highest BCUT2D eigenvalue weighted by atomic mass is 16.5. The first-order chi connectivity index (χ1) is 10.1. The number of methoxy groups -OCH3 is 1. The second-order valence-electron chi connectivity index (χ2n) is 4.41. The van der Waals surface area contributed by atoms with Gasteiger partial charge in [-0.15, -0.1) is 0 Å². The van der Waals surface area contributed by atoms with Crippen molar-refractivity contribution in [1.82, 2.24) is 0 Å². The summed E-state index contributed by atoms with van der Waals surface area (Å²) in [6, 6.07) is 13.5. The fraction of sp³-hybridized carbons (Fsp3) is 0.125. The standard InChI is InChI=1S/C16H15NO4/c1-21-13-8-6-11(7-9-13)16(20)17-14-5-3-2-4-12(14)10-15(18)19/h2-9H,10H2,1H3,(H,17,20)(H,18,19). The zero-order valence-electron chi connectivity index (χ0n) is 11.5. The number of aliphatic carboxylic acids is 1. The molecule has 21 heavy (non-hydrogen) atoms. The first-order valence-electron chi connectivity index (χ1n) is 6.35. The molecule has 0 saturated heterocycles. The van der Waals surface area contributed by atoms with E-state index in [4.69, 9.17) is 9.84 Å². The van der Waals surface area contributed by atoms with Gasteiger partial charge in [-0.3, -0.25) is 9.59 Å². The summed E-state index contributed by atoms with van der Waals surface area (Å²) in [6.45, 7) is 0. The summed E-state index contributed by atoms with van der Waals surface area (Å²) in [4.78, 5) is 23.0. The Labute approximate surface area is 122 Å². The quantitative estimate of drug-likeness (QED) is 0.885. The zero-order valence-corrected chi connectivity index (χ0v) is 11.5. The molecule has 2 rings (SSSR count). The number of carboxylic acids is 1. The molecule has 0 aliphatic rings. The van der Waals surface area contributed by atoms with E-state index in [-0.39, 0.29) is 12.3 Å². The number of amides is 1. The van der Waals surface area contributed by atoms with Crippen LogP contribution in [-0.4, -0.2) is 24.1 Å². The topological polar surface area (TPSA) is 75.6 Å². The minimum atomic E-state index is -0.943. The third-order valence-corrected chi connectivity index (χ3v) is 2.96. The van der Waals surface area contributed by atoms with Gasteiger partial charge in [-0.2, -0.15) is 0 Å². The van der Waals surface area contributed by atoms with Crippen molar-refractivity contribution in [1.29, 1.82) is 0 Å². The van der Waals surface area contributed by atoms with Crippen LogP contribution in [0.4, 0.5) is 5.69 Å². The van der Waals surface area contributed by atoms with Gasteiger partial charge >= 0.3 is 5.97 Å². The maximum atomic E-state index is 12.2. The molecule has 0 spiro atoms. The van der Waals surface area contributed by atoms with Crippen molar-refractivity contribution in [3.05, 3.63) is 59.7 Å². The first-order valence-corrected chi connectivity index (χ1v) is 6.35. The SMILES string of the molecule is COc1ccc(C(=O)Nc2ccccc2CC(=O)O)cc1. The Hall–Kier alpha value is -2.82. The van der Waals surface area contributed by atoms with Crippen molar-refractivity contribution >= 4 is 17.6 Å². The molecule has 0 radical (unpaired) electrons. The molecule has 0 fully saturated rings. The number of hydrogen-bond acceptors (Lipinski definition) is 3. The second kappa shape index (κ2) is 6.56. The number of carbonyl (C=O) groups excluding carboxylic acids is 1. The van der Waals surface area contributed by atoms with Crippen LogP contribution < -0.4 is 10.1 Å². The fourth-order valence-electron chi connectivity index (χ4n) is 1.90. The fourth-order valence-corrected chi connectivity index (χ4v) is 1.90. The number of ether oxygens (including phenoxy) is 1. The van der Waals surface area contributed by atoms with Gasteiger partial charge in [0.1, 0.15) is 5.75 Å². The number of carboxylic acid groups (broad SMARTS) is 1. The Morgan fingerprint density at radius 3 is 2.38 bits per heavy atom. The van der Waals surface area contributed by atoms with Crippen molar-refractivity contribution in [2.45, 2.75) is 6.42 Å². The number of benzene rings is 2. The summed E-state index contributed by atoms with van der Waals surface area (Å²) >= 11 is 0. The average molecular weight is 285 g/mol. The van der Waals surface area contributed by atoms with Gasteiger partial charge in [0, 0.05) is 11.3 Å². The lowest BCUT2D eigenvalue weighted by Crippen LogP contribution is -2.14. The first kappa shape index (κ1) is 14.6. The van der Waals surface area contributed by atoms with Gasteiger partial charge in [0.2, 0.25) is 0 Å². The molecular weight excluding hydrogens is 270 g/mol. The van der Waals surface area contributed by atoms with Crippen LogP contribution in [0.25, 0.3) is 0 Å². The maximum absolute atomic E-state index is 12.2. The summed E-state index contributed by atoms with van der Waals surface area (Å²) in [5.41, 5.74) is 1.54. The van der Waals surface area contributed by atoms with Gasteiger partial charge in [-0.1, -0.05) is 18.2 Å². The summed E-state index contributed by atoms with van der Waals surface area (Å²) < 4.78 is 5.03. The molecule has 5 heteroatoms. The summed E-state index contributed by atoms with van der Waals surface area (Å²) in [6.07, 6.45) is -0.140. The van der Waals surface area contributed by atoms with Crippen molar-refractivity contribution in [2.24, 2.45) is 0 Å². The van der Waals surface area contributed by atoms with E-state index in [1.807, 2.05) is 0 Å². The molecule has 2 aromatic carbocycles. The highest BCUT2D eigenvalue weighted by Gasteiger charge is 2.11. The molecule has 0 aromatic heterocycles. The number of nitrogens with one attached hydrogen (secondary N) is 1. The summed E-state index contributed by atoms with van der Waals surface area (Å²) in [7, 11) is 1.55. The Kier molecular flexibility index (Phi) is 4.56. The molecule has 1 amide bonds. The minimum absolute atomic E-state index is 0.140. The molecule has 0 saturated carbocycles. The Morgan fingerprint density at radius 1 is 1.10 bits per heavy atom. The van der Waals surface area contributed by atoms with Gasteiger partial charge in [-0.25, -0.2) is 0 Å². The van der Waals surface area contributed by atoms with E-state index in [0.717, 1.165) is 0 Å². The molecule has 0 heterocycles. The molecule has 2 aromatic rings. The van der Waals surface area contributed by atoms with Crippen LogP contribution in [0.2, 0.25) is 0 Å². The van der Waals surface area contributed by atoms with E-state index < -0.39 is 5.97 Å². The van der Waals surface area contributed by atoms with Crippen LogP contribution in [0.3, 0.4) is 0 Å². The van der Waals surface area contributed by atoms with E-state index in [0.29, 0.717) is 22.6 Å². The normalized spacial score (nSPS) is 9.95. The van der Waals surface area contributed by atoms with Crippen molar-refractivity contribution < 1.29 is 19.4 Å². The number of rotatable bonds is 5. The van der Waals surface area contributed by atoms with E-state index in [1.165, 1.54) is 0 Å².